The number of hydrogen-bond donors (Lipinski definition) is 4. The first-order valence-electron chi connectivity index (χ1n) is 6.59. The van der Waals surface area contributed by atoms with Gasteiger partial charge in [-0.2, -0.15) is 0 Å². The first-order valence-corrected chi connectivity index (χ1v) is 6.59. The van der Waals surface area contributed by atoms with E-state index in [1.165, 1.54) is 0 Å². The molecule has 0 fully saturated rings. The van der Waals surface area contributed by atoms with E-state index in [-0.39, 0.29) is 5.69 Å². The van der Waals surface area contributed by atoms with E-state index in [9.17, 15) is 9.90 Å². The summed E-state index contributed by atoms with van der Waals surface area (Å²) in [6.07, 6.45) is 1.35. The highest BCUT2D eigenvalue weighted by Gasteiger charge is 2.09. The first kappa shape index (κ1) is 14.2. The van der Waals surface area contributed by atoms with Gasteiger partial charge in [0, 0.05) is 24.9 Å². The molecule has 108 valence electrons. The van der Waals surface area contributed by atoms with Crippen molar-refractivity contribution >= 4 is 5.69 Å². The number of imidazole rings is 1. The Balaban J connectivity index is 1.89. The van der Waals surface area contributed by atoms with Crippen LogP contribution in [0.4, 0.5) is 5.69 Å². The first-order chi connectivity index (χ1) is 9.69. The van der Waals surface area contributed by atoms with E-state index in [1.807, 2.05) is 31.2 Å². The summed E-state index contributed by atoms with van der Waals surface area (Å²) >= 11 is 0. The summed E-state index contributed by atoms with van der Waals surface area (Å²) in [4.78, 5) is 16.1. The number of nitrogens with one attached hydrogen (secondary N) is 3. The Labute approximate surface area is 116 Å². The molecule has 1 unspecified atom stereocenters. The molecule has 6 nitrogen and oxygen atoms in total. The van der Waals surface area contributed by atoms with Crippen molar-refractivity contribution in [2.24, 2.45) is 0 Å². The van der Waals surface area contributed by atoms with Gasteiger partial charge in [0.25, 0.3) is 0 Å². The zero-order valence-corrected chi connectivity index (χ0v) is 11.3. The van der Waals surface area contributed by atoms with Gasteiger partial charge in [0.05, 0.1) is 18.4 Å². The molecule has 0 aliphatic heterocycles. The fraction of sp³-hybridized carbons (Fsp3) is 0.357. The number of aliphatic hydroxyl groups excluding tert-OH is 1. The lowest BCUT2D eigenvalue weighted by Gasteiger charge is -2.15. The number of H-pyrrole nitrogens is 2. The molecule has 1 aromatic heterocycles. The highest BCUT2D eigenvalue weighted by molar-refractivity contribution is 5.56. The summed E-state index contributed by atoms with van der Waals surface area (Å²) in [5.41, 5.74) is 1.26. The van der Waals surface area contributed by atoms with Crippen molar-refractivity contribution in [3.63, 3.8) is 0 Å². The van der Waals surface area contributed by atoms with Crippen LogP contribution in [0.15, 0.2) is 35.3 Å². The summed E-state index contributed by atoms with van der Waals surface area (Å²) in [6, 6.07) is 7.58. The van der Waals surface area contributed by atoms with Crippen molar-refractivity contribution in [1.82, 2.24) is 9.97 Å². The summed E-state index contributed by atoms with van der Waals surface area (Å²) in [5, 5.41) is 13.1. The third-order valence-electron chi connectivity index (χ3n) is 2.82. The number of aromatic nitrogens is 2. The lowest BCUT2D eigenvalue weighted by atomic mass is 10.2. The number of rotatable bonds is 7. The van der Waals surface area contributed by atoms with Crippen molar-refractivity contribution in [2.75, 3.05) is 18.5 Å². The molecule has 0 aliphatic rings. The molecule has 0 spiro atoms. The number of para-hydroxylation sites is 2. The van der Waals surface area contributed by atoms with E-state index in [2.05, 4.69) is 15.3 Å². The Hall–Kier alpha value is -2.21. The zero-order chi connectivity index (χ0) is 14.4. The molecular formula is C14H19N3O3. The minimum absolute atomic E-state index is 0.262. The monoisotopic (exact) mass is 277 g/mol. The fourth-order valence-electron chi connectivity index (χ4n) is 1.93. The number of ether oxygens (including phenoxy) is 1. The van der Waals surface area contributed by atoms with Crippen LogP contribution in [0.5, 0.6) is 5.75 Å². The minimum Gasteiger partial charge on any atom is -0.492 e. The van der Waals surface area contributed by atoms with E-state index < -0.39 is 6.10 Å². The maximum atomic E-state index is 10.9. The van der Waals surface area contributed by atoms with Gasteiger partial charge in [0.1, 0.15) is 5.75 Å². The van der Waals surface area contributed by atoms with E-state index >= 15 is 0 Å². The van der Waals surface area contributed by atoms with Gasteiger partial charge in [0.15, 0.2) is 0 Å². The Morgan fingerprint density at radius 2 is 2.20 bits per heavy atom. The third-order valence-corrected chi connectivity index (χ3v) is 2.82. The average Bonchev–Trinajstić information content (AvgIpc) is 2.83. The van der Waals surface area contributed by atoms with Crippen molar-refractivity contribution in [2.45, 2.75) is 19.4 Å². The van der Waals surface area contributed by atoms with E-state index in [1.54, 1.807) is 6.20 Å². The smallest absolute Gasteiger partial charge is 0.323 e. The van der Waals surface area contributed by atoms with E-state index in [4.69, 9.17) is 4.74 Å². The summed E-state index contributed by atoms with van der Waals surface area (Å²) in [7, 11) is 0. The standard InChI is InChI=1S/C14H19N3O3/c1-2-20-13-6-4-3-5-12(13)15-9-11(18)7-10-8-16-14(19)17-10/h3-6,8,11,15,18H,2,7,9H2,1H3,(H2,16,17,19). The molecule has 1 atom stereocenters. The van der Waals surface area contributed by atoms with Gasteiger partial charge >= 0.3 is 5.69 Å². The number of anilines is 1. The van der Waals surface area contributed by atoms with Crippen LogP contribution in [0.25, 0.3) is 0 Å². The molecule has 2 aromatic rings. The number of hydrogen-bond acceptors (Lipinski definition) is 4. The molecule has 0 amide bonds. The van der Waals surface area contributed by atoms with E-state index in [0.717, 1.165) is 11.4 Å². The van der Waals surface area contributed by atoms with Crippen LogP contribution >= 0.6 is 0 Å². The zero-order valence-electron chi connectivity index (χ0n) is 11.3. The number of aromatic amines is 2. The molecule has 1 aromatic carbocycles. The second-order valence-electron chi connectivity index (χ2n) is 4.44. The Kier molecular flexibility index (Phi) is 4.84. The molecule has 0 bridgehead atoms. The molecule has 0 radical (unpaired) electrons. The van der Waals surface area contributed by atoms with Crippen molar-refractivity contribution in [1.29, 1.82) is 0 Å². The van der Waals surface area contributed by atoms with Gasteiger partial charge in [-0.1, -0.05) is 12.1 Å². The van der Waals surface area contributed by atoms with Gasteiger partial charge in [-0.3, -0.25) is 0 Å². The molecule has 1 heterocycles. The Bertz CT molecular complexity index is 591. The van der Waals surface area contributed by atoms with Crippen LogP contribution in [0.1, 0.15) is 12.6 Å². The maximum absolute atomic E-state index is 10.9. The lowest BCUT2D eigenvalue weighted by Crippen LogP contribution is -2.22. The van der Waals surface area contributed by atoms with Gasteiger partial charge in [-0.15, -0.1) is 0 Å². The highest BCUT2D eigenvalue weighted by atomic mass is 16.5. The molecule has 6 heteroatoms. The Morgan fingerprint density at radius 3 is 2.90 bits per heavy atom. The third kappa shape index (κ3) is 3.89. The Morgan fingerprint density at radius 1 is 1.40 bits per heavy atom. The molecule has 0 saturated carbocycles. The SMILES string of the molecule is CCOc1ccccc1NCC(O)Cc1c[nH]c(=O)[nH]1. The van der Waals surface area contributed by atoms with Gasteiger partial charge in [0.2, 0.25) is 0 Å². The number of benzene rings is 1. The molecular weight excluding hydrogens is 258 g/mol. The van der Waals surface area contributed by atoms with Crippen molar-refractivity contribution in [3.05, 3.63) is 46.6 Å². The molecule has 0 saturated heterocycles. The topological polar surface area (TPSA) is 90.1 Å². The van der Waals surface area contributed by atoms with Crippen LogP contribution in [0, 0.1) is 0 Å². The molecule has 4 N–H and O–H groups in total. The van der Waals surface area contributed by atoms with Crippen LogP contribution in [-0.2, 0) is 6.42 Å². The van der Waals surface area contributed by atoms with Gasteiger partial charge < -0.3 is 25.1 Å². The van der Waals surface area contributed by atoms with Crippen molar-refractivity contribution < 1.29 is 9.84 Å². The number of aliphatic hydroxyl groups is 1. The van der Waals surface area contributed by atoms with Crippen LogP contribution in [-0.4, -0.2) is 34.3 Å². The molecule has 20 heavy (non-hydrogen) atoms. The van der Waals surface area contributed by atoms with Crippen LogP contribution in [0.3, 0.4) is 0 Å². The largest absolute Gasteiger partial charge is 0.492 e. The van der Waals surface area contributed by atoms with Crippen molar-refractivity contribution in [3.8, 4) is 5.75 Å². The predicted molar refractivity (Wildman–Crippen MR) is 77.2 cm³/mol. The maximum Gasteiger partial charge on any atom is 0.323 e. The van der Waals surface area contributed by atoms with Crippen LogP contribution in [0.2, 0.25) is 0 Å². The fourth-order valence-corrected chi connectivity index (χ4v) is 1.93. The summed E-state index contributed by atoms with van der Waals surface area (Å²) in [5.74, 6) is 0.761. The quantitative estimate of drug-likeness (QED) is 0.610. The summed E-state index contributed by atoms with van der Waals surface area (Å²) < 4.78 is 5.49. The summed E-state index contributed by atoms with van der Waals surface area (Å²) in [6.45, 7) is 2.89. The lowest BCUT2D eigenvalue weighted by molar-refractivity contribution is 0.187. The predicted octanol–water partition coefficient (Wildman–Crippen LogP) is 1.12. The highest BCUT2D eigenvalue weighted by Crippen LogP contribution is 2.23. The minimum atomic E-state index is -0.601. The average molecular weight is 277 g/mol. The van der Waals surface area contributed by atoms with E-state index in [0.29, 0.717) is 25.3 Å². The molecule has 0 aliphatic carbocycles. The van der Waals surface area contributed by atoms with Gasteiger partial charge in [-0.05, 0) is 19.1 Å². The second-order valence-corrected chi connectivity index (χ2v) is 4.44. The second kappa shape index (κ2) is 6.81. The normalized spacial score (nSPS) is 12.1. The van der Waals surface area contributed by atoms with Gasteiger partial charge in [-0.25, -0.2) is 4.79 Å². The molecule has 2 rings (SSSR count). The van der Waals surface area contributed by atoms with Crippen LogP contribution < -0.4 is 15.7 Å².